The fourth-order valence-electron chi connectivity index (χ4n) is 1.72. The molecule has 2 N–H and O–H groups in total. The first kappa shape index (κ1) is 15.9. The lowest BCUT2D eigenvalue weighted by Crippen LogP contribution is -2.32. The number of sulfonamides is 1. The molecule has 0 aromatic carbocycles. The second-order valence-corrected chi connectivity index (χ2v) is 6.02. The van der Waals surface area contributed by atoms with E-state index >= 15 is 0 Å². The summed E-state index contributed by atoms with van der Waals surface area (Å²) in [5, 5.41) is 9.78. The number of rotatable bonds is 9. The molecule has 0 saturated carbocycles. The predicted molar refractivity (Wildman–Crippen MR) is 75.2 cm³/mol. The van der Waals surface area contributed by atoms with E-state index in [0.29, 0.717) is 25.2 Å². The molecule has 1 aromatic rings. The van der Waals surface area contributed by atoms with Gasteiger partial charge in [0.05, 0.1) is 6.20 Å². The van der Waals surface area contributed by atoms with Crippen molar-refractivity contribution in [2.45, 2.75) is 31.8 Å². The molecule has 1 rings (SSSR count). The van der Waals surface area contributed by atoms with E-state index in [1.807, 2.05) is 0 Å². The third kappa shape index (κ3) is 3.89. The lowest BCUT2D eigenvalue weighted by molar-refractivity contribution is 0.455. The first-order valence-corrected chi connectivity index (χ1v) is 7.85. The summed E-state index contributed by atoms with van der Waals surface area (Å²) >= 11 is 0. The van der Waals surface area contributed by atoms with E-state index in [4.69, 9.17) is 0 Å². The van der Waals surface area contributed by atoms with Gasteiger partial charge in [0, 0.05) is 25.2 Å². The molecule has 0 amide bonds. The van der Waals surface area contributed by atoms with E-state index in [0.717, 1.165) is 13.0 Å². The topological polar surface area (TPSA) is 78.1 Å². The van der Waals surface area contributed by atoms with E-state index in [9.17, 15) is 8.42 Å². The highest BCUT2D eigenvalue weighted by Crippen LogP contribution is 2.17. The standard InChI is InChI=1S/C12H22N4O2S/c1-4-7-13-9-11-10-14-15-12(11)19(17,18)16(6-3)8-5-2/h5,10,13H,2,4,6-9H2,1,3H3,(H,14,15). The number of H-pyrrole nitrogens is 1. The quantitative estimate of drug-likeness (QED) is 0.526. The van der Waals surface area contributed by atoms with Crippen molar-refractivity contribution < 1.29 is 8.42 Å². The molecule has 0 saturated heterocycles. The van der Waals surface area contributed by atoms with Crippen LogP contribution < -0.4 is 5.32 Å². The molecular formula is C12H22N4O2S. The van der Waals surface area contributed by atoms with Gasteiger partial charge in [0.1, 0.15) is 0 Å². The van der Waals surface area contributed by atoms with Gasteiger partial charge in [-0.1, -0.05) is 19.9 Å². The fraction of sp³-hybridized carbons (Fsp3) is 0.583. The average molecular weight is 286 g/mol. The largest absolute Gasteiger partial charge is 0.313 e. The smallest absolute Gasteiger partial charge is 0.260 e. The number of nitrogens with one attached hydrogen (secondary N) is 2. The Kier molecular flexibility index (Phi) is 6.20. The molecule has 0 aliphatic heterocycles. The maximum Gasteiger partial charge on any atom is 0.260 e. The molecule has 108 valence electrons. The van der Waals surface area contributed by atoms with Crippen molar-refractivity contribution in [3.63, 3.8) is 0 Å². The normalized spacial score (nSPS) is 11.9. The first-order valence-electron chi connectivity index (χ1n) is 6.41. The Labute approximate surface area is 114 Å². The Morgan fingerprint density at radius 2 is 2.26 bits per heavy atom. The Hall–Kier alpha value is -1.18. The van der Waals surface area contributed by atoms with Crippen molar-refractivity contribution in [1.29, 1.82) is 0 Å². The number of hydrogen-bond acceptors (Lipinski definition) is 4. The third-order valence-electron chi connectivity index (χ3n) is 2.70. The highest BCUT2D eigenvalue weighted by molar-refractivity contribution is 7.89. The van der Waals surface area contributed by atoms with Crippen LogP contribution in [0.1, 0.15) is 25.8 Å². The van der Waals surface area contributed by atoms with Crippen LogP contribution >= 0.6 is 0 Å². The van der Waals surface area contributed by atoms with Crippen molar-refractivity contribution >= 4 is 10.0 Å². The number of nitrogens with zero attached hydrogens (tertiary/aromatic N) is 2. The van der Waals surface area contributed by atoms with E-state index in [1.54, 1.807) is 19.2 Å². The van der Waals surface area contributed by atoms with Crippen molar-refractivity contribution in [2.75, 3.05) is 19.6 Å². The van der Waals surface area contributed by atoms with Gasteiger partial charge in [0.15, 0.2) is 5.03 Å². The Balaban J connectivity index is 2.94. The zero-order valence-electron chi connectivity index (χ0n) is 11.5. The Morgan fingerprint density at radius 3 is 2.84 bits per heavy atom. The molecule has 0 unspecified atom stereocenters. The monoisotopic (exact) mass is 286 g/mol. The van der Waals surface area contributed by atoms with Crippen LogP contribution in [0, 0.1) is 0 Å². The summed E-state index contributed by atoms with van der Waals surface area (Å²) in [7, 11) is -3.53. The maximum absolute atomic E-state index is 12.4. The first-order chi connectivity index (χ1) is 9.07. The van der Waals surface area contributed by atoms with Crippen LogP contribution in [-0.2, 0) is 16.6 Å². The van der Waals surface area contributed by atoms with Gasteiger partial charge in [0.25, 0.3) is 10.0 Å². The molecule has 1 heterocycles. The molecule has 1 aromatic heterocycles. The van der Waals surface area contributed by atoms with Crippen molar-refractivity contribution in [2.24, 2.45) is 0 Å². The van der Waals surface area contributed by atoms with Gasteiger partial charge in [0.2, 0.25) is 0 Å². The van der Waals surface area contributed by atoms with Gasteiger partial charge in [-0.05, 0) is 13.0 Å². The Morgan fingerprint density at radius 1 is 1.53 bits per heavy atom. The number of hydrogen-bond donors (Lipinski definition) is 2. The van der Waals surface area contributed by atoms with Crippen LogP contribution in [0.15, 0.2) is 23.9 Å². The lowest BCUT2D eigenvalue weighted by Gasteiger charge is -2.18. The van der Waals surface area contributed by atoms with Gasteiger partial charge < -0.3 is 5.32 Å². The molecule has 7 heteroatoms. The summed E-state index contributed by atoms with van der Waals surface area (Å²) in [6.45, 7) is 9.46. The molecule has 6 nitrogen and oxygen atoms in total. The summed E-state index contributed by atoms with van der Waals surface area (Å²) in [5.41, 5.74) is 0.663. The van der Waals surface area contributed by atoms with Crippen molar-refractivity contribution in [1.82, 2.24) is 19.8 Å². The van der Waals surface area contributed by atoms with E-state index in [1.165, 1.54) is 4.31 Å². The molecule has 0 radical (unpaired) electrons. The van der Waals surface area contributed by atoms with Crippen LogP contribution in [0.3, 0.4) is 0 Å². The molecule has 0 bridgehead atoms. The number of aromatic nitrogens is 2. The lowest BCUT2D eigenvalue weighted by atomic mass is 10.3. The fourth-order valence-corrected chi connectivity index (χ4v) is 3.24. The minimum atomic E-state index is -3.53. The summed E-state index contributed by atoms with van der Waals surface area (Å²) in [6.07, 6.45) is 4.13. The zero-order valence-corrected chi connectivity index (χ0v) is 12.3. The van der Waals surface area contributed by atoms with Crippen molar-refractivity contribution in [3.8, 4) is 0 Å². The zero-order chi connectivity index (χ0) is 14.3. The third-order valence-corrected chi connectivity index (χ3v) is 4.66. The molecule has 0 atom stereocenters. The number of likely N-dealkylation sites (N-methyl/N-ethyl adjacent to an activating group) is 1. The van der Waals surface area contributed by atoms with Gasteiger partial charge >= 0.3 is 0 Å². The summed E-state index contributed by atoms with van der Waals surface area (Å²) < 4.78 is 26.3. The average Bonchev–Trinajstić information content (AvgIpc) is 2.85. The van der Waals surface area contributed by atoms with Crippen LogP contribution in [-0.4, -0.2) is 42.6 Å². The van der Waals surface area contributed by atoms with Crippen LogP contribution in [0.5, 0.6) is 0 Å². The SMILES string of the molecule is C=CCN(CC)S(=O)(=O)c1[nH]ncc1CNCCC. The van der Waals surface area contributed by atoms with Crippen LogP contribution in [0.4, 0.5) is 0 Å². The Bertz CT molecular complexity index is 496. The molecule has 19 heavy (non-hydrogen) atoms. The summed E-state index contributed by atoms with van der Waals surface area (Å²) in [6, 6.07) is 0. The second-order valence-electron chi connectivity index (χ2n) is 4.15. The summed E-state index contributed by atoms with van der Waals surface area (Å²) in [4.78, 5) is 0. The van der Waals surface area contributed by atoms with Gasteiger partial charge in [-0.2, -0.15) is 9.40 Å². The van der Waals surface area contributed by atoms with E-state index < -0.39 is 10.0 Å². The maximum atomic E-state index is 12.4. The highest BCUT2D eigenvalue weighted by Gasteiger charge is 2.26. The van der Waals surface area contributed by atoms with E-state index in [2.05, 4.69) is 29.0 Å². The minimum absolute atomic E-state index is 0.166. The molecular weight excluding hydrogens is 264 g/mol. The molecule has 0 fully saturated rings. The van der Waals surface area contributed by atoms with Crippen LogP contribution in [0.25, 0.3) is 0 Å². The minimum Gasteiger partial charge on any atom is -0.313 e. The molecule has 0 aliphatic rings. The van der Waals surface area contributed by atoms with Crippen LogP contribution in [0.2, 0.25) is 0 Å². The summed E-state index contributed by atoms with van der Waals surface area (Å²) in [5.74, 6) is 0. The predicted octanol–water partition coefficient (Wildman–Crippen LogP) is 1.11. The molecule has 0 aliphatic carbocycles. The van der Waals surface area contributed by atoms with Gasteiger partial charge in [-0.25, -0.2) is 8.42 Å². The van der Waals surface area contributed by atoms with Gasteiger partial charge in [-0.15, -0.1) is 6.58 Å². The number of aromatic amines is 1. The van der Waals surface area contributed by atoms with Gasteiger partial charge in [-0.3, -0.25) is 5.10 Å². The molecule has 0 spiro atoms. The highest BCUT2D eigenvalue weighted by atomic mass is 32.2. The van der Waals surface area contributed by atoms with E-state index in [-0.39, 0.29) is 5.03 Å². The second kappa shape index (κ2) is 7.42. The van der Waals surface area contributed by atoms with Crippen molar-refractivity contribution in [3.05, 3.63) is 24.4 Å².